The van der Waals surface area contributed by atoms with E-state index >= 15 is 0 Å². The lowest BCUT2D eigenvalue weighted by Gasteiger charge is -2.37. The van der Waals surface area contributed by atoms with Crippen molar-refractivity contribution in [3.05, 3.63) is 0 Å². The predicted molar refractivity (Wildman–Crippen MR) is 69.5 cm³/mol. The minimum atomic E-state index is -0.658. The van der Waals surface area contributed by atoms with Gasteiger partial charge in [-0.25, -0.2) is 0 Å². The molecule has 2 aliphatic heterocycles. The van der Waals surface area contributed by atoms with Gasteiger partial charge in [0.2, 0.25) is 0 Å². The molecule has 4 nitrogen and oxygen atoms in total. The molecule has 0 aliphatic carbocycles. The van der Waals surface area contributed by atoms with E-state index in [9.17, 15) is 4.79 Å². The van der Waals surface area contributed by atoms with E-state index in [1.807, 2.05) is 0 Å². The summed E-state index contributed by atoms with van der Waals surface area (Å²) in [4.78, 5) is 13.2. The summed E-state index contributed by atoms with van der Waals surface area (Å²) in [5, 5.41) is 8.85. The third-order valence-corrected chi connectivity index (χ3v) is 4.33. The van der Waals surface area contributed by atoms with Crippen molar-refractivity contribution < 1.29 is 14.6 Å². The Hall–Kier alpha value is -0.610. The average molecular weight is 255 g/mol. The van der Waals surface area contributed by atoms with Crippen molar-refractivity contribution in [1.29, 1.82) is 0 Å². The Kier molecular flexibility index (Phi) is 4.62. The van der Waals surface area contributed by atoms with Gasteiger partial charge in [0.05, 0.1) is 6.10 Å². The summed E-state index contributed by atoms with van der Waals surface area (Å²) in [6.07, 6.45) is 3.95. The van der Waals surface area contributed by atoms with Crippen LogP contribution in [0.1, 0.15) is 39.5 Å². The van der Waals surface area contributed by atoms with Crippen LogP contribution in [0.2, 0.25) is 0 Å². The molecule has 0 aromatic carbocycles. The summed E-state index contributed by atoms with van der Waals surface area (Å²) in [5.74, 6) is 0.266. The molecule has 0 aromatic heterocycles. The molecule has 0 aromatic rings. The van der Waals surface area contributed by atoms with Crippen molar-refractivity contribution in [2.75, 3.05) is 19.7 Å². The molecule has 2 fully saturated rings. The molecule has 2 rings (SSSR count). The molecule has 2 heterocycles. The fraction of sp³-hybridized carbons (Fsp3) is 0.929. The molecule has 3 atom stereocenters. The van der Waals surface area contributed by atoms with E-state index in [1.54, 1.807) is 0 Å². The maximum Gasteiger partial charge on any atom is 0.303 e. The third kappa shape index (κ3) is 3.45. The van der Waals surface area contributed by atoms with E-state index in [-0.39, 0.29) is 0 Å². The highest BCUT2D eigenvalue weighted by Gasteiger charge is 2.33. The smallest absolute Gasteiger partial charge is 0.303 e. The maximum atomic E-state index is 10.7. The van der Waals surface area contributed by atoms with Gasteiger partial charge in [-0.05, 0) is 37.6 Å². The average Bonchev–Trinajstić information content (AvgIpc) is 2.77. The number of rotatable bonds is 4. The molecular formula is C14H25NO3. The largest absolute Gasteiger partial charge is 0.481 e. The molecule has 1 N–H and O–H groups in total. The number of hydrogen-bond acceptors (Lipinski definition) is 3. The van der Waals surface area contributed by atoms with Crippen LogP contribution in [0.25, 0.3) is 0 Å². The zero-order valence-electron chi connectivity index (χ0n) is 11.5. The van der Waals surface area contributed by atoms with E-state index < -0.39 is 5.97 Å². The Balaban J connectivity index is 1.83. The first-order chi connectivity index (χ1) is 8.56. The minimum Gasteiger partial charge on any atom is -0.481 e. The first kappa shape index (κ1) is 13.8. The fourth-order valence-corrected chi connectivity index (χ4v) is 3.21. The Morgan fingerprint density at radius 2 is 2.22 bits per heavy atom. The van der Waals surface area contributed by atoms with Gasteiger partial charge >= 0.3 is 5.97 Å². The van der Waals surface area contributed by atoms with Crippen molar-refractivity contribution in [3.63, 3.8) is 0 Å². The Labute approximate surface area is 109 Å². The van der Waals surface area contributed by atoms with Gasteiger partial charge in [-0.3, -0.25) is 9.69 Å². The topological polar surface area (TPSA) is 49.8 Å². The van der Waals surface area contributed by atoms with Crippen LogP contribution in [0.4, 0.5) is 0 Å². The van der Waals surface area contributed by atoms with Crippen LogP contribution in [0.5, 0.6) is 0 Å². The van der Waals surface area contributed by atoms with Gasteiger partial charge in [0.15, 0.2) is 0 Å². The van der Waals surface area contributed by atoms with Crippen molar-refractivity contribution >= 4 is 5.97 Å². The molecule has 0 bridgehead atoms. The Morgan fingerprint density at radius 1 is 1.44 bits per heavy atom. The lowest BCUT2D eigenvalue weighted by atomic mass is 9.94. The van der Waals surface area contributed by atoms with Crippen molar-refractivity contribution in [2.24, 2.45) is 11.8 Å². The van der Waals surface area contributed by atoms with E-state index in [0.29, 0.717) is 30.4 Å². The van der Waals surface area contributed by atoms with Crippen LogP contribution >= 0.6 is 0 Å². The van der Waals surface area contributed by atoms with Crippen LogP contribution in [0.15, 0.2) is 0 Å². The van der Waals surface area contributed by atoms with Crippen molar-refractivity contribution in [3.8, 4) is 0 Å². The number of ether oxygens (including phenoxy) is 1. The normalized spacial score (nSPS) is 34.1. The van der Waals surface area contributed by atoms with Gasteiger partial charge in [0, 0.05) is 25.6 Å². The predicted octanol–water partition coefficient (Wildman–Crippen LogP) is 1.99. The maximum absolute atomic E-state index is 10.7. The summed E-state index contributed by atoms with van der Waals surface area (Å²) >= 11 is 0. The number of hydrogen-bond donors (Lipinski definition) is 1. The second-order valence-electron chi connectivity index (χ2n) is 6.08. The van der Waals surface area contributed by atoms with Gasteiger partial charge in [0.25, 0.3) is 0 Å². The molecule has 0 saturated carbocycles. The number of carbonyl (C=O) groups is 1. The lowest BCUT2D eigenvalue weighted by Crippen LogP contribution is -2.42. The SMILES string of the molecule is CC(C)C1CC(N2CCC(CC(=O)O)C2)CCO1. The zero-order chi connectivity index (χ0) is 13.1. The monoisotopic (exact) mass is 255 g/mol. The molecule has 0 radical (unpaired) electrons. The molecule has 104 valence electrons. The molecule has 18 heavy (non-hydrogen) atoms. The molecule has 3 unspecified atom stereocenters. The highest BCUT2D eigenvalue weighted by molar-refractivity contribution is 5.67. The van der Waals surface area contributed by atoms with Crippen molar-refractivity contribution in [1.82, 2.24) is 4.90 Å². The molecular weight excluding hydrogens is 230 g/mol. The van der Waals surface area contributed by atoms with Crippen LogP contribution in [0, 0.1) is 11.8 Å². The number of carboxylic acids is 1. The summed E-state index contributed by atoms with van der Waals surface area (Å²) in [6.45, 7) is 7.30. The number of likely N-dealkylation sites (tertiary alicyclic amines) is 1. The molecule has 2 saturated heterocycles. The second-order valence-corrected chi connectivity index (χ2v) is 6.08. The van der Waals surface area contributed by atoms with E-state index in [2.05, 4.69) is 18.7 Å². The third-order valence-electron chi connectivity index (χ3n) is 4.33. The van der Waals surface area contributed by atoms with Gasteiger partial charge in [-0.15, -0.1) is 0 Å². The van der Waals surface area contributed by atoms with Crippen molar-refractivity contribution in [2.45, 2.75) is 51.7 Å². The van der Waals surface area contributed by atoms with E-state index in [1.165, 1.54) is 0 Å². The zero-order valence-corrected chi connectivity index (χ0v) is 11.5. The fourth-order valence-electron chi connectivity index (χ4n) is 3.21. The van der Waals surface area contributed by atoms with Gasteiger partial charge in [-0.1, -0.05) is 13.8 Å². The van der Waals surface area contributed by atoms with Crippen LogP contribution in [0.3, 0.4) is 0 Å². The molecule has 2 aliphatic rings. The molecule has 0 spiro atoms. The number of carboxylic acid groups (broad SMARTS) is 1. The minimum absolute atomic E-state index is 0.327. The van der Waals surface area contributed by atoms with E-state index in [0.717, 1.165) is 39.0 Å². The standard InChI is InChI=1S/C14H25NO3/c1-10(2)13-8-12(4-6-18-13)15-5-3-11(9-15)7-14(16)17/h10-13H,3-9H2,1-2H3,(H,16,17). The highest BCUT2D eigenvalue weighted by atomic mass is 16.5. The number of aliphatic carboxylic acids is 1. The van der Waals surface area contributed by atoms with Gasteiger partial charge in [0.1, 0.15) is 0 Å². The summed E-state index contributed by atoms with van der Waals surface area (Å²) in [7, 11) is 0. The lowest BCUT2D eigenvalue weighted by molar-refractivity contribution is -0.138. The first-order valence-corrected chi connectivity index (χ1v) is 7.13. The second kappa shape index (κ2) is 6.02. The van der Waals surface area contributed by atoms with Gasteiger partial charge < -0.3 is 9.84 Å². The van der Waals surface area contributed by atoms with Crippen LogP contribution in [-0.2, 0) is 9.53 Å². The Bertz CT molecular complexity index is 293. The Morgan fingerprint density at radius 3 is 2.89 bits per heavy atom. The summed E-state index contributed by atoms with van der Waals surface area (Å²) in [6, 6.07) is 0.602. The molecule has 4 heteroatoms. The summed E-state index contributed by atoms with van der Waals surface area (Å²) in [5.41, 5.74) is 0. The molecule has 0 amide bonds. The van der Waals surface area contributed by atoms with Gasteiger partial charge in [-0.2, -0.15) is 0 Å². The highest BCUT2D eigenvalue weighted by Crippen LogP contribution is 2.29. The van der Waals surface area contributed by atoms with E-state index in [4.69, 9.17) is 9.84 Å². The van der Waals surface area contributed by atoms with Crippen LogP contribution < -0.4 is 0 Å². The quantitative estimate of drug-likeness (QED) is 0.834. The van der Waals surface area contributed by atoms with Crippen LogP contribution in [-0.4, -0.2) is 47.8 Å². The number of nitrogens with zero attached hydrogens (tertiary/aromatic N) is 1. The first-order valence-electron chi connectivity index (χ1n) is 7.13. The summed E-state index contributed by atoms with van der Waals surface area (Å²) < 4.78 is 5.80.